The van der Waals surface area contributed by atoms with Crippen molar-refractivity contribution in [1.82, 2.24) is 0 Å². The lowest BCUT2D eigenvalue weighted by Gasteiger charge is -2.22. The van der Waals surface area contributed by atoms with Crippen molar-refractivity contribution in [3.8, 4) is 0 Å². The van der Waals surface area contributed by atoms with Gasteiger partial charge >= 0.3 is 0 Å². The molecule has 0 heterocycles. The normalized spacial score (nSPS) is 13.6. The van der Waals surface area contributed by atoms with Gasteiger partial charge in [0.05, 0.1) is 13.2 Å². The molecule has 0 fully saturated rings. The number of unbranched alkanes of at least 4 members (excludes halogenated alkanes) is 2. The van der Waals surface area contributed by atoms with Gasteiger partial charge in [-0.05, 0) is 11.8 Å². The van der Waals surface area contributed by atoms with E-state index in [-0.39, 0.29) is 0 Å². The molecule has 0 aliphatic heterocycles. The summed E-state index contributed by atoms with van der Waals surface area (Å²) in [5.41, 5.74) is 0. The van der Waals surface area contributed by atoms with Gasteiger partial charge < -0.3 is 9.47 Å². The molecule has 0 spiro atoms. The van der Waals surface area contributed by atoms with Crippen LogP contribution in [0.2, 0.25) is 0 Å². The molecule has 0 N–H and O–H groups in total. The van der Waals surface area contributed by atoms with Crippen LogP contribution in [0, 0.1) is 17.8 Å². The standard InChI is InChI=1S/C15H32O2/c1-13(2)9-7-6-8-10-14(3)15(11-16-4)12-17-5/h13-15H,6-12H2,1-5H3. The van der Waals surface area contributed by atoms with Crippen LogP contribution < -0.4 is 0 Å². The van der Waals surface area contributed by atoms with Crippen molar-refractivity contribution in [2.45, 2.75) is 52.9 Å². The van der Waals surface area contributed by atoms with Gasteiger partial charge in [-0.1, -0.05) is 52.9 Å². The molecule has 0 saturated carbocycles. The van der Waals surface area contributed by atoms with E-state index in [1.54, 1.807) is 14.2 Å². The molecule has 1 atom stereocenters. The average Bonchev–Trinajstić information content (AvgIpc) is 2.27. The number of methoxy groups -OCH3 is 2. The molecule has 0 aromatic rings. The smallest absolute Gasteiger partial charge is 0.0515 e. The fraction of sp³-hybridized carbons (Fsp3) is 1.00. The third-order valence-corrected chi connectivity index (χ3v) is 3.51. The Morgan fingerprint density at radius 1 is 0.765 bits per heavy atom. The fourth-order valence-electron chi connectivity index (χ4n) is 2.24. The highest BCUT2D eigenvalue weighted by Gasteiger charge is 2.16. The van der Waals surface area contributed by atoms with E-state index < -0.39 is 0 Å². The maximum absolute atomic E-state index is 5.26. The first kappa shape index (κ1) is 16.9. The summed E-state index contributed by atoms with van der Waals surface area (Å²) in [7, 11) is 3.55. The summed E-state index contributed by atoms with van der Waals surface area (Å²) in [4.78, 5) is 0. The topological polar surface area (TPSA) is 18.5 Å². The predicted octanol–water partition coefficient (Wildman–Crippen LogP) is 4.14. The Morgan fingerprint density at radius 2 is 1.29 bits per heavy atom. The van der Waals surface area contributed by atoms with Crippen molar-refractivity contribution in [3.63, 3.8) is 0 Å². The highest BCUT2D eigenvalue weighted by molar-refractivity contribution is 4.66. The van der Waals surface area contributed by atoms with Gasteiger partial charge in [-0.25, -0.2) is 0 Å². The van der Waals surface area contributed by atoms with Gasteiger partial charge in [0, 0.05) is 20.1 Å². The Balaban J connectivity index is 3.62. The zero-order valence-electron chi connectivity index (χ0n) is 12.5. The zero-order chi connectivity index (χ0) is 13.1. The van der Waals surface area contributed by atoms with Crippen molar-refractivity contribution in [1.29, 1.82) is 0 Å². The van der Waals surface area contributed by atoms with Gasteiger partial charge in [0.2, 0.25) is 0 Å². The molecule has 0 bridgehead atoms. The third-order valence-electron chi connectivity index (χ3n) is 3.51. The Morgan fingerprint density at radius 3 is 1.76 bits per heavy atom. The molecule has 0 aromatic heterocycles. The first-order valence-corrected chi connectivity index (χ1v) is 7.09. The maximum atomic E-state index is 5.26. The minimum Gasteiger partial charge on any atom is -0.384 e. The highest BCUT2D eigenvalue weighted by Crippen LogP contribution is 2.20. The van der Waals surface area contributed by atoms with Crippen LogP contribution in [0.15, 0.2) is 0 Å². The Hall–Kier alpha value is -0.0800. The minimum absolute atomic E-state index is 0.551. The van der Waals surface area contributed by atoms with Crippen LogP contribution in [0.3, 0.4) is 0 Å². The molecular weight excluding hydrogens is 212 g/mol. The summed E-state index contributed by atoms with van der Waals surface area (Å²) in [5.74, 6) is 2.10. The fourth-order valence-corrected chi connectivity index (χ4v) is 2.24. The molecule has 0 amide bonds. The van der Waals surface area contributed by atoms with E-state index in [9.17, 15) is 0 Å². The molecular formula is C15H32O2. The Kier molecular flexibility index (Phi) is 11.0. The molecule has 17 heavy (non-hydrogen) atoms. The van der Waals surface area contributed by atoms with Gasteiger partial charge in [-0.2, -0.15) is 0 Å². The van der Waals surface area contributed by atoms with Crippen molar-refractivity contribution in [2.75, 3.05) is 27.4 Å². The van der Waals surface area contributed by atoms with Gasteiger partial charge in [0.15, 0.2) is 0 Å². The maximum Gasteiger partial charge on any atom is 0.0515 e. The molecule has 0 aliphatic rings. The molecule has 0 aliphatic carbocycles. The second-order valence-corrected chi connectivity index (χ2v) is 5.68. The second kappa shape index (κ2) is 11.0. The highest BCUT2D eigenvalue weighted by atomic mass is 16.5. The van der Waals surface area contributed by atoms with Gasteiger partial charge in [0.25, 0.3) is 0 Å². The Labute approximate surface area is 108 Å². The third kappa shape index (κ3) is 9.61. The van der Waals surface area contributed by atoms with Gasteiger partial charge in [-0.15, -0.1) is 0 Å². The van der Waals surface area contributed by atoms with Crippen molar-refractivity contribution in [3.05, 3.63) is 0 Å². The van der Waals surface area contributed by atoms with Crippen molar-refractivity contribution >= 4 is 0 Å². The second-order valence-electron chi connectivity index (χ2n) is 5.68. The van der Waals surface area contributed by atoms with E-state index in [4.69, 9.17) is 9.47 Å². The monoisotopic (exact) mass is 244 g/mol. The van der Waals surface area contributed by atoms with E-state index in [0.29, 0.717) is 11.8 Å². The first-order valence-electron chi connectivity index (χ1n) is 7.09. The molecule has 2 heteroatoms. The molecule has 0 aromatic carbocycles. The summed E-state index contributed by atoms with van der Waals surface area (Å²) < 4.78 is 10.5. The van der Waals surface area contributed by atoms with Gasteiger partial charge in [-0.3, -0.25) is 0 Å². The van der Waals surface area contributed by atoms with E-state index in [1.165, 1.54) is 32.1 Å². The molecule has 104 valence electrons. The van der Waals surface area contributed by atoms with E-state index in [0.717, 1.165) is 19.1 Å². The summed E-state index contributed by atoms with van der Waals surface area (Å²) in [5, 5.41) is 0. The molecule has 1 unspecified atom stereocenters. The molecule has 0 radical (unpaired) electrons. The number of hydrogen-bond donors (Lipinski definition) is 0. The number of hydrogen-bond acceptors (Lipinski definition) is 2. The lowest BCUT2D eigenvalue weighted by molar-refractivity contribution is 0.0553. The number of rotatable bonds is 11. The number of ether oxygens (including phenoxy) is 2. The quantitative estimate of drug-likeness (QED) is 0.509. The SMILES string of the molecule is COCC(COC)C(C)CCCCCC(C)C. The van der Waals surface area contributed by atoms with E-state index in [1.807, 2.05) is 0 Å². The van der Waals surface area contributed by atoms with Crippen LogP contribution in [0.5, 0.6) is 0 Å². The molecule has 0 rings (SSSR count). The largest absolute Gasteiger partial charge is 0.384 e. The van der Waals surface area contributed by atoms with E-state index >= 15 is 0 Å². The summed E-state index contributed by atoms with van der Waals surface area (Å²) in [6, 6.07) is 0. The van der Waals surface area contributed by atoms with Crippen LogP contribution in [-0.2, 0) is 9.47 Å². The van der Waals surface area contributed by atoms with Crippen LogP contribution in [0.4, 0.5) is 0 Å². The van der Waals surface area contributed by atoms with Crippen molar-refractivity contribution < 1.29 is 9.47 Å². The molecule has 2 nitrogen and oxygen atoms in total. The van der Waals surface area contributed by atoms with E-state index in [2.05, 4.69) is 20.8 Å². The van der Waals surface area contributed by atoms with Crippen LogP contribution in [-0.4, -0.2) is 27.4 Å². The van der Waals surface area contributed by atoms with Crippen molar-refractivity contribution in [2.24, 2.45) is 17.8 Å². The summed E-state index contributed by atoms with van der Waals surface area (Å²) in [6.07, 6.45) is 6.76. The minimum atomic E-state index is 0.551. The lowest BCUT2D eigenvalue weighted by atomic mass is 9.90. The summed E-state index contributed by atoms with van der Waals surface area (Å²) >= 11 is 0. The van der Waals surface area contributed by atoms with Crippen LogP contribution >= 0.6 is 0 Å². The Bertz CT molecular complexity index is 151. The summed E-state index contributed by atoms with van der Waals surface area (Å²) in [6.45, 7) is 8.57. The average molecular weight is 244 g/mol. The van der Waals surface area contributed by atoms with Crippen LogP contribution in [0.1, 0.15) is 52.9 Å². The first-order chi connectivity index (χ1) is 8.11. The predicted molar refractivity (Wildman–Crippen MR) is 74.3 cm³/mol. The lowest BCUT2D eigenvalue weighted by Crippen LogP contribution is -2.22. The zero-order valence-corrected chi connectivity index (χ0v) is 12.5. The van der Waals surface area contributed by atoms with Crippen LogP contribution in [0.25, 0.3) is 0 Å². The van der Waals surface area contributed by atoms with Gasteiger partial charge in [0.1, 0.15) is 0 Å². The molecule has 0 saturated heterocycles.